The Kier molecular flexibility index (Phi) is 4.91. The van der Waals surface area contributed by atoms with Crippen molar-refractivity contribution >= 4 is 22.6 Å². The summed E-state index contributed by atoms with van der Waals surface area (Å²) in [6, 6.07) is 11.8. The predicted molar refractivity (Wildman–Crippen MR) is 104 cm³/mol. The summed E-state index contributed by atoms with van der Waals surface area (Å²) in [4.78, 5) is 20.0. The van der Waals surface area contributed by atoms with Gasteiger partial charge in [0, 0.05) is 49.3 Å². The van der Waals surface area contributed by atoms with Gasteiger partial charge in [0.25, 0.3) is 0 Å². The molecular formula is C20H23N5O2. The van der Waals surface area contributed by atoms with Crippen LogP contribution in [-0.4, -0.2) is 58.8 Å². The molecular weight excluding hydrogens is 342 g/mol. The summed E-state index contributed by atoms with van der Waals surface area (Å²) in [5, 5.41) is 9.43. The summed E-state index contributed by atoms with van der Waals surface area (Å²) in [5.74, 6) is 1.52. The number of benzene rings is 1. The molecule has 7 nitrogen and oxygen atoms in total. The van der Waals surface area contributed by atoms with Crippen LogP contribution in [-0.2, 0) is 11.2 Å². The van der Waals surface area contributed by atoms with E-state index in [1.54, 1.807) is 0 Å². The first-order valence-corrected chi connectivity index (χ1v) is 9.29. The minimum Gasteiger partial charge on any atom is -0.477 e. The number of ether oxygens (including phenoxy) is 1. The molecule has 1 amide bonds. The standard InChI is InChI=1S/C20H23N5O2/c1-2-27-19-8-7-18(22-23-19)24-9-11-25(12-10-24)20(26)13-15-14-21-17-6-4-3-5-16(15)17/h3-8,14,21H,2,9-13H2,1H3. The van der Waals surface area contributed by atoms with Gasteiger partial charge in [0.2, 0.25) is 11.8 Å². The van der Waals surface area contributed by atoms with E-state index in [-0.39, 0.29) is 5.91 Å². The number of fused-ring (bicyclic) bond motifs is 1. The van der Waals surface area contributed by atoms with Crippen LogP contribution in [0.2, 0.25) is 0 Å². The van der Waals surface area contributed by atoms with Crippen molar-refractivity contribution in [1.82, 2.24) is 20.1 Å². The monoisotopic (exact) mass is 365 g/mol. The number of para-hydroxylation sites is 1. The topological polar surface area (TPSA) is 74.3 Å². The SMILES string of the molecule is CCOc1ccc(N2CCN(C(=O)Cc3c[nH]c4ccccc34)CC2)nn1. The molecule has 7 heteroatoms. The van der Waals surface area contributed by atoms with Crippen LogP contribution in [0.1, 0.15) is 12.5 Å². The number of piperazine rings is 1. The molecule has 1 aliphatic heterocycles. The lowest BCUT2D eigenvalue weighted by atomic mass is 10.1. The van der Waals surface area contributed by atoms with Gasteiger partial charge in [0.15, 0.2) is 5.82 Å². The zero-order valence-electron chi connectivity index (χ0n) is 15.4. The van der Waals surface area contributed by atoms with E-state index < -0.39 is 0 Å². The Labute approximate surface area is 157 Å². The van der Waals surface area contributed by atoms with Gasteiger partial charge in [0.05, 0.1) is 13.0 Å². The fourth-order valence-corrected chi connectivity index (χ4v) is 3.44. The molecule has 27 heavy (non-hydrogen) atoms. The number of H-pyrrole nitrogens is 1. The van der Waals surface area contributed by atoms with E-state index in [1.165, 1.54) is 0 Å². The smallest absolute Gasteiger partial charge is 0.233 e. The Balaban J connectivity index is 1.35. The van der Waals surface area contributed by atoms with E-state index >= 15 is 0 Å². The highest BCUT2D eigenvalue weighted by Crippen LogP contribution is 2.20. The maximum atomic E-state index is 12.7. The maximum absolute atomic E-state index is 12.7. The zero-order chi connectivity index (χ0) is 18.6. The highest BCUT2D eigenvalue weighted by atomic mass is 16.5. The minimum absolute atomic E-state index is 0.164. The fraction of sp³-hybridized carbons (Fsp3) is 0.350. The Morgan fingerprint density at radius 3 is 2.67 bits per heavy atom. The van der Waals surface area contributed by atoms with Gasteiger partial charge >= 0.3 is 0 Å². The van der Waals surface area contributed by atoms with E-state index in [2.05, 4.69) is 26.1 Å². The zero-order valence-corrected chi connectivity index (χ0v) is 15.4. The van der Waals surface area contributed by atoms with Crippen molar-refractivity contribution in [1.29, 1.82) is 0 Å². The van der Waals surface area contributed by atoms with Gasteiger partial charge in [0.1, 0.15) is 0 Å². The largest absolute Gasteiger partial charge is 0.477 e. The third-order valence-corrected chi connectivity index (χ3v) is 4.89. The summed E-state index contributed by atoms with van der Waals surface area (Å²) >= 11 is 0. The number of nitrogens with zero attached hydrogens (tertiary/aromatic N) is 4. The molecule has 1 fully saturated rings. The van der Waals surface area contributed by atoms with Crippen molar-refractivity contribution in [3.63, 3.8) is 0 Å². The number of hydrogen-bond acceptors (Lipinski definition) is 5. The van der Waals surface area contributed by atoms with Crippen LogP contribution in [0.25, 0.3) is 10.9 Å². The molecule has 0 spiro atoms. The number of anilines is 1. The van der Waals surface area contributed by atoms with Gasteiger partial charge in [-0.15, -0.1) is 10.2 Å². The van der Waals surface area contributed by atoms with Crippen LogP contribution in [0.15, 0.2) is 42.6 Å². The van der Waals surface area contributed by atoms with Gasteiger partial charge in [-0.3, -0.25) is 4.79 Å². The van der Waals surface area contributed by atoms with Gasteiger partial charge in [-0.1, -0.05) is 18.2 Å². The number of hydrogen-bond donors (Lipinski definition) is 1. The second kappa shape index (κ2) is 7.65. The third kappa shape index (κ3) is 3.72. The van der Waals surface area contributed by atoms with Crippen molar-refractivity contribution in [3.05, 3.63) is 48.2 Å². The lowest BCUT2D eigenvalue weighted by Crippen LogP contribution is -2.49. The van der Waals surface area contributed by atoms with Crippen molar-refractivity contribution in [3.8, 4) is 5.88 Å². The average Bonchev–Trinajstić information content (AvgIpc) is 3.12. The summed E-state index contributed by atoms with van der Waals surface area (Å²) in [6.45, 7) is 5.38. The highest BCUT2D eigenvalue weighted by molar-refractivity contribution is 5.89. The number of rotatable bonds is 5. The third-order valence-electron chi connectivity index (χ3n) is 4.89. The molecule has 1 N–H and O–H groups in total. The average molecular weight is 365 g/mol. The van der Waals surface area contributed by atoms with Crippen LogP contribution in [0.5, 0.6) is 5.88 Å². The molecule has 0 radical (unpaired) electrons. The second-order valence-corrected chi connectivity index (χ2v) is 6.57. The molecule has 3 aromatic rings. The molecule has 1 saturated heterocycles. The van der Waals surface area contributed by atoms with Crippen LogP contribution in [0.3, 0.4) is 0 Å². The highest BCUT2D eigenvalue weighted by Gasteiger charge is 2.23. The minimum atomic E-state index is 0.164. The summed E-state index contributed by atoms with van der Waals surface area (Å²) in [6.07, 6.45) is 2.36. The maximum Gasteiger partial charge on any atom is 0.233 e. The summed E-state index contributed by atoms with van der Waals surface area (Å²) < 4.78 is 5.33. The molecule has 1 aliphatic rings. The molecule has 140 valence electrons. The first-order chi connectivity index (χ1) is 13.2. The van der Waals surface area contributed by atoms with Crippen LogP contribution in [0, 0.1) is 0 Å². The number of carbonyl (C=O) groups excluding carboxylic acids is 1. The number of aromatic amines is 1. The molecule has 0 unspecified atom stereocenters. The number of aromatic nitrogens is 3. The van der Waals surface area contributed by atoms with Gasteiger partial charge in [-0.2, -0.15) is 0 Å². The van der Waals surface area contributed by atoms with Crippen LogP contribution >= 0.6 is 0 Å². The molecule has 1 aromatic carbocycles. The lowest BCUT2D eigenvalue weighted by Gasteiger charge is -2.35. The molecule has 4 rings (SSSR count). The van der Waals surface area contributed by atoms with E-state index in [0.717, 1.165) is 35.4 Å². The molecule has 0 atom stereocenters. The van der Waals surface area contributed by atoms with Crippen LogP contribution in [0.4, 0.5) is 5.82 Å². The van der Waals surface area contributed by atoms with Crippen molar-refractivity contribution in [2.24, 2.45) is 0 Å². The van der Waals surface area contributed by atoms with Gasteiger partial charge < -0.3 is 19.5 Å². The first-order valence-electron chi connectivity index (χ1n) is 9.29. The Bertz CT molecular complexity index is 914. The van der Waals surface area contributed by atoms with E-state index in [1.807, 2.05) is 48.4 Å². The fourth-order valence-electron chi connectivity index (χ4n) is 3.44. The van der Waals surface area contributed by atoms with Crippen molar-refractivity contribution in [2.45, 2.75) is 13.3 Å². The van der Waals surface area contributed by atoms with Crippen molar-refractivity contribution < 1.29 is 9.53 Å². The normalized spacial score (nSPS) is 14.6. The van der Waals surface area contributed by atoms with Crippen LogP contribution < -0.4 is 9.64 Å². The first kappa shape index (κ1) is 17.3. The lowest BCUT2D eigenvalue weighted by molar-refractivity contribution is -0.130. The van der Waals surface area contributed by atoms with E-state index in [4.69, 9.17) is 4.74 Å². The number of nitrogens with one attached hydrogen (secondary N) is 1. The quantitative estimate of drug-likeness (QED) is 0.751. The summed E-state index contributed by atoms with van der Waals surface area (Å²) in [5.41, 5.74) is 2.12. The number of amides is 1. The van der Waals surface area contributed by atoms with E-state index in [9.17, 15) is 4.79 Å². The molecule has 3 heterocycles. The Morgan fingerprint density at radius 2 is 1.93 bits per heavy atom. The summed E-state index contributed by atoms with van der Waals surface area (Å²) in [7, 11) is 0. The molecule has 2 aromatic heterocycles. The van der Waals surface area contributed by atoms with Gasteiger partial charge in [-0.25, -0.2) is 0 Å². The van der Waals surface area contributed by atoms with Crippen molar-refractivity contribution in [2.75, 3.05) is 37.7 Å². The molecule has 0 aliphatic carbocycles. The number of carbonyl (C=O) groups is 1. The molecule has 0 bridgehead atoms. The predicted octanol–water partition coefficient (Wildman–Crippen LogP) is 2.25. The Hall–Kier alpha value is -3.09. The van der Waals surface area contributed by atoms with E-state index in [0.29, 0.717) is 32.0 Å². The van der Waals surface area contributed by atoms with Gasteiger partial charge in [-0.05, 0) is 24.6 Å². The second-order valence-electron chi connectivity index (χ2n) is 6.57. The molecule has 0 saturated carbocycles. The Morgan fingerprint density at radius 1 is 1.11 bits per heavy atom.